The molecule has 3 aromatic heterocycles. The van der Waals surface area contributed by atoms with Gasteiger partial charge in [0.1, 0.15) is 11.8 Å². The van der Waals surface area contributed by atoms with Crippen molar-refractivity contribution < 1.29 is 0 Å². The molecule has 132 valence electrons. The van der Waals surface area contributed by atoms with Crippen molar-refractivity contribution in [2.45, 2.75) is 13.5 Å². The molecule has 0 aliphatic carbocycles. The molecule has 0 unspecified atom stereocenters. The number of anilines is 1. The predicted molar refractivity (Wildman–Crippen MR) is 111 cm³/mol. The van der Waals surface area contributed by atoms with E-state index in [4.69, 9.17) is 5.73 Å². The molecule has 5 nitrogen and oxygen atoms in total. The number of nitrogen functional groups attached to an aromatic ring is 1. The van der Waals surface area contributed by atoms with Gasteiger partial charge in [-0.2, -0.15) is 0 Å². The topological polar surface area (TPSA) is 69.6 Å². The van der Waals surface area contributed by atoms with Crippen molar-refractivity contribution in [1.29, 1.82) is 0 Å². The molecule has 3 heterocycles. The van der Waals surface area contributed by atoms with E-state index in [-0.39, 0.29) is 0 Å². The summed E-state index contributed by atoms with van der Waals surface area (Å²) < 4.78 is 3.32. The number of benzene rings is 2. The van der Waals surface area contributed by atoms with E-state index in [2.05, 4.69) is 70.4 Å². The van der Waals surface area contributed by atoms with Gasteiger partial charge in [-0.3, -0.25) is 0 Å². The summed E-state index contributed by atoms with van der Waals surface area (Å²) in [4.78, 5) is 14.1. The number of aromatic nitrogens is 4. The summed E-state index contributed by atoms with van der Waals surface area (Å²) in [6.07, 6.45) is 3.28. The van der Waals surface area contributed by atoms with Gasteiger partial charge in [0.05, 0.1) is 12.9 Å². The molecule has 2 N–H and O–H groups in total. The quantitative estimate of drug-likeness (QED) is 0.501. The first-order chi connectivity index (χ1) is 13.2. The lowest BCUT2D eigenvalue weighted by Gasteiger charge is -2.09. The van der Waals surface area contributed by atoms with Crippen LogP contribution in [-0.4, -0.2) is 19.5 Å². The number of nitrogens with zero attached hydrogens (tertiary/aromatic N) is 4. The van der Waals surface area contributed by atoms with Gasteiger partial charge in [0.2, 0.25) is 0 Å². The van der Waals surface area contributed by atoms with Crippen LogP contribution in [0.3, 0.4) is 0 Å². The Hall–Kier alpha value is -3.25. The maximum absolute atomic E-state index is 5.94. The van der Waals surface area contributed by atoms with Crippen LogP contribution in [0.2, 0.25) is 0 Å². The van der Waals surface area contributed by atoms with E-state index in [1.807, 2.05) is 15.9 Å². The maximum Gasteiger partial charge on any atom is 0.165 e. The molecule has 0 saturated heterocycles. The Bertz CT molecular complexity index is 1280. The number of aryl methyl sites for hydroxylation is 1. The van der Waals surface area contributed by atoms with Gasteiger partial charge >= 0.3 is 0 Å². The lowest BCUT2D eigenvalue weighted by Crippen LogP contribution is -2.00. The summed E-state index contributed by atoms with van der Waals surface area (Å²) in [7, 11) is 0. The summed E-state index contributed by atoms with van der Waals surface area (Å²) in [5.74, 6) is 0.411. The highest BCUT2D eigenvalue weighted by molar-refractivity contribution is 7.19. The minimum atomic E-state index is 0.411. The molecule has 0 spiro atoms. The minimum Gasteiger partial charge on any atom is -0.382 e. The third-order valence-electron chi connectivity index (χ3n) is 4.83. The molecular formula is C21H17N5S. The van der Waals surface area contributed by atoms with Crippen molar-refractivity contribution in [3.05, 3.63) is 71.6 Å². The average molecular weight is 371 g/mol. The van der Waals surface area contributed by atoms with Crippen LogP contribution in [0.25, 0.3) is 32.4 Å². The van der Waals surface area contributed by atoms with Gasteiger partial charge in [-0.1, -0.05) is 42.5 Å². The number of hydrogen-bond donors (Lipinski definition) is 1. The number of nitrogens with two attached hydrogens (primary N) is 1. The van der Waals surface area contributed by atoms with E-state index in [0.29, 0.717) is 17.9 Å². The third kappa shape index (κ3) is 2.57. The van der Waals surface area contributed by atoms with Crippen LogP contribution in [0.1, 0.15) is 10.4 Å². The zero-order valence-electron chi connectivity index (χ0n) is 14.8. The third-order valence-corrected chi connectivity index (χ3v) is 5.98. The van der Waals surface area contributed by atoms with E-state index in [1.54, 1.807) is 6.33 Å². The molecule has 0 radical (unpaired) electrons. The smallest absolute Gasteiger partial charge is 0.165 e. The zero-order valence-corrected chi connectivity index (χ0v) is 15.6. The molecule has 0 atom stereocenters. The fourth-order valence-electron chi connectivity index (χ4n) is 3.53. The molecule has 5 rings (SSSR count). The lowest BCUT2D eigenvalue weighted by atomic mass is 9.98. The van der Waals surface area contributed by atoms with E-state index in [9.17, 15) is 0 Å². The molecule has 0 aliphatic heterocycles. The minimum absolute atomic E-state index is 0.411. The average Bonchev–Trinajstić information content (AvgIpc) is 3.25. The van der Waals surface area contributed by atoms with Crippen LogP contribution in [-0.2, 0) is 6.54 Å². The highest BCUT2D eigenvalue weighted by atomic mass is 32.1. The Balaban J connectivity index is 1.72. The van der Waals surface area contributed by atoms with Crippen LogP contribution < -0.4 is 5.73 Å². The Morgan fingerprint density at radius 2 is 1.81 bits per heavy atom. The number of imidazole rings is 1. The van der Waals surface area contributed by atoms with Gasteiger partial charge in [0.25, 0.3) is 0 Å². The summed E-state index contributed by atoms with van der Waals surface area (Å²) >= 11 is 1.82. The first-order valence-electron chi connectivity index (χ1n) is 8.70. The molecule has 27 heavy (non-hydrogen) atoms. The molecule has 5 aromatic rings. The van der Waals surface area contributed by atoms with Crippen LogP contribution >= 0.6 is 11.3 Å². The van der Waals surface area contributed by atoms with Crippen molar-refractivity contribution in [3.8, 4) is 11.1 Å². The van der Waals surface area contributed by atoms with Crippen LogP contribution in [0.15, 0.2) is 61.2 Å². The van der Waals surface area contributed by atoms with Crippen molar-refractivity contribution in [3.63, 3.8) is 0 Å². The molecule has 0 fully saturated rings. The largest absolute Gasteiger partial charge is 0.382 e. The standard InChI is InChI=1S/C21H17N5S/c1-13-6-2-3-7-14(13)18-15-8-4-5-9-16(15)27-17(18)10-26-12-25-19-20(22)23-11-24-21(19)26/h2-9,11-12H,10H2,1H3,(H2,22,23,24). The Kier molecular flexibility index (Phi) is 3.65. The van der Waals surface area contributed by atoms with Crippen LogP contribution in [0.4, 0.5) is 5.82 Å². The number of hydrogen-bond acceptors (Lipinski definition) is 5. The van der Waals surface area contributed by atoms with E-state index < -0.39 is 0 Å². The van der Waals surface area contributed by atoms with Crippen LogP contribution in [0, 0.1) is 6.92 Å². The van der Waals surface area contributed by atoms with Gasteiger partial charge in [-0.25, -0.2) is 15.0 Å². The first-order valence-corrected chi connectivity index (χ1v) is 9.52. The second-order valence-electron chi connectivity index (χ2n) is 6.51. The van der Waals surface area contributed by atoms with Crippen molar-refractivity contribution >= 4 is 38.4 Å². The molecule has 2 aromatic carbocycles. The summed E-state index contributed by atoms with van der Waals surface area (Å²) in [5.41, 5.74) is 11.2. The van der Waals surface area contributed by atoms with E-state index in [0.717, 1.165) is 5.65 Å². The fourth-order valence-corrected chi connectivity index (χ4v) is 4.74. The summed E-state index contributed by atoms with van der Waals surface area (Å²) in [5, 5.41) is 1.28. The second-order valence-corrected chi connectivity index (χ2v) is 7.65. The zero-order chi connectivity index (χ0) is 18.4. The molecular weight excluding hydrogens is 354 g/mol. The van der Waals surface area contributed by atoms with Gasteiger partial charge in [-0.15, -0.1) is 11.3 Å². The predicted octanol–water partition coefficient (Wildman–Crippen LogP) is 4.65. The SMILES string of the molecule is Cc1ccccc1-c1c(Cn2cnc3c(N)ncnc32)sc2ccccc12. The van der Waals surface area contributed by atoms with Crippen molar-refractivity contribution in [1.82, 2.24) is 19.5 Å². The second kappa shape index (κ2) is 6.17. The summed E-state index contributed by atoms with van der Waals surface area (Å²) in [6, 6.07) is 17.1. The molecule has 0 aliphatic rings. The van der Waals surface area contributed by atoms with Gasteiger partial charge in [-0.05, 0) is 24.1 Å². The molecule has 0 bridgehead atoms. The normalized spacial score (nSPS) is 11.4. The Morgan fingerprint density at radius 1 is 1.00 bits per heavy atom. The Labute approximate surface area is 160 Å². The maximum atomic E-state index is 5.94. The van der Waals surface area contributed by atoms with Crippen molar-refractivity contribution in [2.75, 3.05) is 5.73 Å². The lowest BCUT2D eigenvalue weighted by molar-refractivity contribution is 0.827. The first kappa shape index (κ1) is 16.0. The fraction of sp³-hybridized carbons (Fsp3) is 0.0952. The number of fused-ring (bicyclic) bond motifs is 2. The highest BCUT2D eigenvalue weighted by Crippen LogP contribution is 2.40. The van der Waals surface area contributed by atoms with Gasteiger partial charge in [0, 0.05) is 20.5 Å². The monoisotopic (exact) mass is 371 g/mol. The van der Waals surface area contributed by atoms with Gasteiger partial charge < -0.3 is 10.3 Å². The highest BCUT2D eigenvalue weighted by Gasteiger charge is 2.17. The summed E-state index contributed by atoms with van der Waals surface area (Å²) in [6.45, 7) is 2.85. The van der Waals surface area contributed by atoms with E-state index >= 15 is 0 Å². The number of rotatable bonds is 3. The van der Waals surface area contributed by atoms with Gasteiger partial charge in [0.15, 0.2) is 11.5 Å². The van der Waals surface area contributed by atoms with Crippen LogP contribution in [0.5, 0.6) is 0 Å². The Morgan fingerprint density at radius 3 is 2.70 bits per heavy atom. The van der Waals surface area contributed by atoms with Crippen molar-refractivity contribution in [2.24, 2.45) is 0 Å². The molecule has 0 amide bonds. The van der Waals surface area contributed by atoms with E-state index in [1.165, 1.54) is 38.0 Å². The molecule has 6 heteroatoms. The molecule has 0 saturated carbocycles. The number of thiophene rings is 1.